The van der Waals surface area contributed by atoms with E-state index in [4.69, 9.17) is 0 Å². The molecule has 0 spiro atoms. The molecule has 2 aromatic rings. The fourth-order valence-corrected chi connectivity index (χ4v) is 2.29. The van der Waals surface area contributed by atoms with Crippen molar-refractivity contribution in [3.63, 3.8) is 0 Å². The molecule has 110 valence electrons. The summed E-state index contributed by atoms with van der Waals surface area (Å²) in [4.78, 5) is 29.2. The highest BCUT2D eigenvalue weighted by Crippen LogP contribution is 2.18. The molecule has 1 aromatic carbocycles. The van der Waals surface area contributed by atoms with E-state index in [0.29, 0.717) is 12.1 Å². The first-order chi connectivity index (χ1) is 10.2. The predicted molar refractivity (Wildman–Crippen MR) is 85.6 cm³/mol. The molecular formula is C15H17N3O2S. The van der Waals surface area contributed by atoms with Gasteiger partial charge in [-0.1, -0.05) is 12.1 Å². The number of amides is 1. The number of hydrogen-bond acceptors (Lipinski definition) is 4. The molecule has 1 aromatic heterocycles. The van der Waals surface area contributed by atoms with Crippen molar-refractivity contribution in [1.82, 2.24) is 15.3 Å². The molecule has 0 saturated carbocycles. The third-order valence-electron chi connectivity index (χ3n) is 2.94. The van der Waals surface area contributed by atoms with Crippen LogP contribution in [0.25, 0.3) is 11.1 Å². The largest absolute Gasteiger partial charge is 0.352 e. The Morgan fingerprint density at radius 2 is 2.24 bits per heavy atom. The van der Waals surface area contributed by atoms with Crippen LogP contribution in [-0.2, 0) is 0 Å². The molecule has 0 aliphatic rings. The lowest BCUT2D eigenvalue weighted by Gasteiger charge is -2.06. The number of aromatic amines is 1. The number of thioether (sulfide) groups is 1. The van der Waals surface area contributed by atoms with Gasteiger partial charge in [-0.2, -0.15) is 11.8 Å². The maximum Gasteiger partial charge on any atom is 0.344 e. The lowest BCUT2D eigenvalue weighted by Crippen LogP contribution is -2.24. The minimum atomic E-state index is -0.388. The number of carbonyl (C=O) groups is 1. The molecule has 0 aliphatic carbocycles. The van der Waals surface area contributed by atoms with Gasteiger partial charge in [0.25, 0.3) is 5.91 Å². The van der Waals surface area contributed by atoms with Crippen LogP contribution in [0.4, 0.5) is 0 Å². The monoisotopic (exact) mass is 303 g/mol. The molecule has 6 heteroatoms. The van der Waals surface area contributed by atoms with Crippen molar-refractivity contribution in [2.45, 2.75) is 6.42 Å². The van der Waals surface area contributed by atoms with Crippen molar-refractivity contribution in [1.29, 1.82) is 0 Å². The first-order valence-electron chi connectivity index (χ1n) is 6.63. The third-order valence-corrected chi connectivity index (χ3v) is 3.64. The van der Waals surface area contributed by atoms with Crippen molar-refractivity contribution in [2.24, 2.45) is 0 Å². The van der Waals surface area contributed by atoms with Crippen molar-refractivity contribution in [3.8, 4) is 11.1 Å². The number of hydrogen-bond donors (Lipinski definition) is 2. The zero-order chi connectivity index (χ0) is 15.1. The highest BCUT2D eigenvalue weighted by atomic mass is 32.2. The summed E-state index contributed by atoms with van der Waals surface area (Å²) in [5, 5.41) is 2.90. The highest BCUT2D eigenvalue weighted by molar-refractivity contribution is 7.98. The van der Waals surface area contributed by atoms with Crippen LogP contribution in [0.5, 0.6) is 0 Å². The summed E-state index contributed by atoms with van der Waals surface area (Å²) < 4.78 is 0. The van der Waals surface area contributed by atoms with Crippen molar-refractivity contribution >= 4 is 17.7 Å². The molecular weight excluding hydrogens is 286 g/mol. The van der Waals surface area contributed by atoms with E-state index in [9.17, 15) is 9.59 Å². The van der Waals surface area contributed by atoms with E-state index in [1.54, 1.807) is 30.1 Å². The van der Waals surface area contributed by atoms with Gasteiger partial charge in [0.1, 0.15) is 0 Å². The SMILES string of the molecule is CSCCCNC(=O)c1cccc(-c2cnc(=O)[nH]c2)c1. The van der Waals surface area contributed by atoms with Crippen LogP contribution in [0.2, 0.25) is 0 Å². The van der Waals surface area contributed by atoms with Gasteiger partial charge in [0.2, 0.25) is 0 Å². The summed E-state index contributed by atoms with van der Waals surface area (Å²) in [6, 6.07) is 7.25. The zero-order valence-corrected chi connectivity index (χ0v) is 12.6. The Bertz CT molecular complexity index is 649. The van der Waals surface area contributed by atoms with Gasteiger partial charge in [0.05, 0.1) is 0 Å². The fraction of sp³-hybridized carbons (Fsp3) is 0.267. The van der Waals surface area contributed by atoms with Gasteiger partial charge in [-0.05, 0) is 36.1 Å². The Hall–Kier alpha value is -2.08. The van der Waals surface area contributed by atoms with Gasteiger partial charge in [0.15, 0.2) is 0 Å². The van der Waals surface area contributed by atoms with Gasteiger partial charge >= 0.3 is 5.69 Å². The second-order valence-electron chi connectivity index (χ2n) is 4.49. The van der Waals surface area contributed by atoms with Crippen molar-refractivity contribution in [3.05, 3.63) is 52.7 Å². The second kappa shape index (κ2) is 7.64. The van der Waals surface area contributed by atoms with Crippen molar-refractivity contribution in [2.75, 3.05) is 18.6 Å². The molecule has 0 bridgehead atoms. The van der Waals surface area contributed by atoms with E-state index in [0.717, 1.165) is 23.3 Å². The number of aromatic nitrogens is 2. The Labute approximate surface area is 127 Å². The number of nitrogens with one attached hydrogen (secondary N) is 2. The lowest BCUT2D eigenvalue weighted by atomic mass is 10.1. The summed E-state index contributed by atoms with van der Waals surface area (Å²) in [7, 11) is 0. The van der Waals surface area contributed by atoms with Crippen LogP contribution < -0.4 is 11.0 Å². The summed E-state index contributed by atoms with van der Waals surface area (Å²) in [6.45, 7) is 0.671. The van der Waals surface area contributed by atoms with Gasteiger partial charge in [-0.15, -0.1) is 0 Å². The molecule has 5 nitrogen and oxygen atoms in total. The number of H-pyrrole nitrogens is 1. The molecule has 21 heavy (non-hydrogen) atoms. The first-order valence-corrected chi connectivity index (χ1v) is 8.02. The Kier molecular flexibility index (Phi) is 5.57. The Morgan fingerprint density at radius 1 is 1.38 bits per heavy atom. The minimum Gasteiger partial charge on any atom is -0.352 e. The second-order valence-corrected chi connectivity index (χ2v) is 5.48. The quantitative estimate of drug-likeness (QED) is 0.800. The number of benzene rings is 1. The van der Waals surface area contributed by atoms with Gasteiger partial charge in [0, 0.05) is 30.1 Å². The molecule has 0 fully saturated rings. The fourth-order valence-electron chi connectivity index (χ4n) is 1.86. The van der Waals surface area contributed by atoms with E-state index in [2.05, 4.69) is 15.3 Å². The van der Waals surface area contributed by atoms with Crippen molar-refractivity contribution < 1.29 is 4.79 Å². The molecule has 1 amide bonds. The molecule has 0 aliphatic heterocycles. The zero-order valence-electron chi connectivity index (χ0n) is 11.8. The van der Waals surface area contributed by atoms with E-state index in [1.807, 2.05) is 18.4 Å². The summed E-state index contributed by atoms with van der Waals surface area (Å²) in [5.74, 6) is 0.943. The number of rotatable bonds is 6. The average molecular weight is 303 g/mol. The Morgan fingerprint density at radius 3 is 2.95 bits per heavy atom. The standard InChI is InChI=1S/C15H17N3O2S/c1-21-7-3-6-16-14(19)12-5-2-4-11(8-12)13-9-17-15(20)18-10-13/h2,4-5,8-10H,3,6-7H2,1H3,(H,16,19)(H,17,18,20). The van der Waals surface area contributed by atoms with Crippen LogP contribution in [0.1, 0.15) is 16.8 Å². The molecule has 0 saturated heterocycles. The van der Waals surface area contributed by atoms with Crippen LogP contribution >= 0.6 is 11.8 Å². The molecule has 2 N–H and O–H groups in total. The summed E-state index contributed by atoms with van der Waals surface area (Å²) >= 11 is 1.76. The number of nitrogens with zero attached hydrogens (tertiary/aromatic N) is 1. The van der Waals surface area contributed by atoms with Crippen LogP contribution in [0.3, 0.4) is 0 Å². The average Bonchev–Trinajstić information content (AvgIpc) is 2.52. The van der Waals surface area contributed by atoms with E-state index >= 15 is 0 Å². The van der Waals surface area contributed by atoms with E-state index in [1.165, 1.54) is 6.20 Å². The first kappa shape index (κ1) is 15.3. The maximum absolute atomic E-state index is 12.1. The predicted octanol–water partition coefficient (Wildman–Crippen LogP) is 1.92. The summed E-state index contributed by atoms with van der Waals surface area (Å²) in [5.41, 5.74) is 1.83. The molecule has 0 atom stereocenters. The normalized spacial score (nSPS) is 10.3. The smallest absolute Gasteiger partial charge is 0.344 e. The van der Waals surface area contributed by atoms with Crippen LogP contribution in [0.15, 0.2) is 41.5 Å². The van der Waals surface area contributed by atoms with Gasteiger partial charge < -0.3 is 10.3 Å². The molecule has 0 radical (unpaired) electrons. The van der Waals surface area contributed by atoms with Gasteiger partial charge in [-0.3, -0.25) is 4.79 Å². The Balaban J connectivity index is 2.08. The molecule has 2 rings (SSSR count). The molecule has 0 unspecified atom stereocenters. The van der Waals surface area contributed by atoms with Crippen LogP contribution in [0, 0.1) is 0 Å². The topological polar surface area (TPSA) is 74.8 Å². The minimum absolute atomic E-state index is 0.0877. The van der Waals surface area contributed by atoms with Crippen LogP contribution in [-0.4, -0.2) is 34.4 Å². The summed E-state index contributed by atoms with van der Waals surface area (Å²) in [6.07, 6.45) is 6.08. The lowest BCUT2D eigenvalue weighted by molar-refractivity contribution is 0.0954. The third kappa shape index (κ3) is 4.46. The van der Waals surface area contributed by atoms with E-state index in [-0.39, 0.29) is 11.6 Å². The van der Waals surface area contributed by atoms with E-state index < -0.39 is 0 Å². The maximum atomic E-state index is 12.1. The highest BCUT2D eigenvalue weighted by Gasteiger charge is 2.06. The molecule has 1 heterocycles. The number of carbonyl (C=O) groups excluding carboxylic acids is 1. The van der Waals surface area contributed by atoms with Gasteiger partial charge in [-0.25, -0.2) is 9.78 Å².